The van der Waals surface area contributed by atoms with Gasteiger partial charge in [0, 0.05) is 89.5 Å². The van der Waals surface area contributed by atoms with Crippen molar-refractivity contribution >= 4 is 34.6 Å². The number of nitrogens with zero attached hydrogens (tertiary/aromatic N) is 11. The lowest BCUT2D eigenvalue weighted by Crippen LogP contribution is -2.50. The van der Waals surface area contributed by atoms with Gasteiger partial charge in [-0.3, -0.25) is 4.90 Å². The van der Waals surface area contributed by atoms with E-state index in [0.717, 1.165) is 62.4 Å². The van der Waals surface area contributed by atoms with Crippen LogP contribution in [0.1, 0.15) is 69.4 Å². The number of hydrogen-bond acceptors (Lipinski definition) is 14. The minimum absolute atomic E-state index is 0.164. The van der Waals surface area contributed by atoms with Crippen LogP contribution in [0.25, 0.3) is 11.5 Å². The number of aromatic nitrogens is 4. The Bertz CT molecular complexity index is 1800. The fourth-order valence-electron chi connectivity index (χ4n) is 6.88. The Morgan fingerprint density at radius 3 is 2.56 bits per heavy atom. The molecule has 3 aliphatic rings. The highest BCUT2D eigenvalue weighted by molar-refractivity contribution is 7.16. The van der Waals surface area contributed by atoms with E-state index in [1.165, 1.54) is 0 Å². The molecular formula is C36H51N11O4S. The second kappa shape index (κ2) is 15.3. The van der Waals surface area contributed by atoms with E-state index in [1.54, 1.807) is 22.6 Å². The zero-order valence-electron chi connectivity index (χ0n) is 31.7. The maximum absolute atomic E-state index is 12.8. The van der Waals surface area contributed by atoms with Gasteiger partial charge in [0.05, 0.1) is 17.3 Å². The number of carbonyl (C=O) groups is 1. The van der Waals surface area contributed by atoms with Gasteiger partial charge in [-0.1, -0.05) is 5.16 Å². The first kappa shape index (κ1) is 37.4. The minimum atomic E-state index is -0.670. The third-order valence-electron chi connectivity index (χ3n) is 9.61. The number of thiophene rings is 1. The lowest BCUT2D eigenvalue weighted by Gasteiger charge is -2.36. The van der Waals surface area contributed by atoms with Crippen molar-refractivity contribution in [3.63, 3.8) is 0 Å². The number of anilines is 1. The van der Waals surface area contributed by atoms with Gasteiger partial charge < -0.3 is 33.6 Å². The number of fused-ring (bicyclic) bond motifs is 1. The average Bonchev–Trinajstić information content (AvgIpc) is 3.74. The number of likely N-dealkylation sites (N-methyl/N-ethyl adjacent to an activating group) is 1. The van der Waals surface area contributed by atoms with E-state index in [4.69, 9.17) is 28.9 Å². The number of aryl methyl sites for hydroxylation is 1. The van der Waals surface area contributed by atoms with Crippen LogP contribution in [0.15, 0.2) is 15.6 Å². The summed E-state index contributed by atoms with van der Waals surface area (Å²) in [6.45, 7) is 16.5. The summed E-state index contributed by atoms with van der Waals surface area (Å²) >= 11 is 1.55. The monoisotopic (exact) mass is 733 g/mol. The van der Waals surface area contributed by atoms with Crippen molar-refractivity contribution in [3.05, 3.63) is 28.0 Å². The number of ether oxygens (including phenoxy) is 2. The Hall–Kier alpha value is -4.33. The Balaban J connectivity index is 1.29. The van der Waals surface area contributed by atoms with E-state index >= 15 is 0 Å². The Labute approximate surface area is 310 Å². The summed E-state index contributed by atoms with van der Waals surface area (Å²) in [5, 5.41) is 15.4. The first-order valence-corrected chi connectivity index (χ1v) is 18.8. The summed E-state index contributed by atoms with van der Waals surface area (Å²) in [5.41, 5.74) is 0.708. The molecular weight excluding hydrogens is 683 g/mol. The van der Waals surface area contributed by atoms with E-state index < -0.39 is 11.0 Å². The lowest BCUT2D eigenvalue weighted by atomic mass is 9.72. The molecule has 3 aromatic rings. The van der Waals surface area contributed by atoms with Crippen LogP contribution >= 0.6 is 11.3 Å². The topological polar surface area (TPSA) is 153 Å². The SMILES string of the molecule is CC(CN1CCN(C)CC1)Oc1nc(-c2noc([C@@]3(C)CCCc4sc(N=CN(C)C)c(C#N)c43)n2)cc(N2CCN(C(=O)OC(C)(C)C)CC2)n1. The molecule has 0 aromatic carbocycles. The highest BCUT2D eigenvalue weighted by atomic mass is 32.1. The van der Waals surface area contributed by atoms with Crippen molar-refractivity contribution in [1.82, 2.24) is 39.7 Å². The summed E-state index contributed by atoms with van der Waals surface area (Å²) in [5.74, 6) is 1.40. The Kier molecular flexibility index (Phi) is 11.0. The van der Waals surface area contributed by atoms with Crippen LogP contribution in [0.3, 0.4) is 0 Å². The molecule has 0 N–H and O–H groups in total. The third-order valence-corrected chi connectivity index (χ3v) is 10.8. The summed E-state index contributed by atoms with van der Waals surface area (Å²) in [6, 6.07) is 4.50. The molecule has 280 valence electrons. The molecule has 2 saturated heterocycles. The van der Waals surface area contributed by atoms with Gasteiger partial charge >= 0.3 is 12.1 Å². The van der Waals surface area contributed by atoms with Crippen LogP contribution in [-0.2, 0) is 16.6 Å². The summed E-state index contributed by atoms with van der Waals surface area (Å²) < 4.78 is 18.0. The van der Waals surface area contributed by atoms with Crippen LogP contribution in [0.5, 0.6) is 6.01 Å². The highest BCUT2D eigenvalue weighted by Gasteiger charge is 2.43. The Morgan fingerprint density at radius 2 is 1.88 bits per heavy atom. The first-order chi connectivity index (χ1) is 24.7. The van der Waals surface area contributed by atoms with Crippen molar-refractivity contribution in [1.29, 1.82) is 5.26 Å². The second-order valence-electron chi connectivity index (χ2n) is 15.4. The summed E-state index contributed by atoms with van der Waals surface area (Å²) in [7, 11) is 5.95. The van der Waals surface area contributed by atoms with Gasteiger partial charge in [-0.25, -0.2) is 9.79 Å². The molecule has 6 rings (SSSR count). The van der Waals surface area contributed by atoms with Crippen LogP contribution in [0, 0.1) is 11.3 Å². The molecule has 0 bridgehead atoms. The standard InChI is InChI=1S/C36H51N11O4S/c1-24(22-45-14-12-44(8)13-15-45)49-33-39-26(20-28(40-33)46-16-18-47(19-17-46)34(48)50-35(2,3)4)30-41-32(51-42-30)36(5)11-9-10-27-29(36)25(21-37)31(52-27)38-23-43(6)7/h20,23-24H,9-19,22H2,1-8H3/t24?,36-/m0/s1. The highest BCUT2D eigenvalue weighted by Crippen LogP contribution is 2.50. The van der Waals surface area contributed by atoms with E-state index in [-0.39, 0.29) is 18.2 Å². The fraction of sp³-hybridized carbons (Fsp3) is 0.639. The number of aliphatic imine (C=N–C) groups is 1. The van der Waals surface area contributed by atoms with Crippen LogP contribution in [-0.4, -0.2) is 144 Å². The maximum Gasteiger partial charge on any atom is 0.410 e. The van der Waals surface area contributed by atoms with E-state index in [1.807, 2.05) is 52.8 Å². The van der Waals surface area contributed by atoms with Crippen LogP contribution in [0.4, 0.5) is 15.6 Å². The normalized spacial score (nSPS) is 20.8. The first-order valence-electron chi connectivity index (χ1n) is 18.0. The molecule has 0 spiro atoms. The maximum atomic E-state index is 12.8. The molecule has 16 heteroatoms. The molecule has 5 heterocycles. The quantitative estimate of drug-likeness (QED) is 0.226. The van der Waals surface area contributed by atoms with E-state index in [2.05, 4.69) is 44.9 Å². The number of hydrogen-bond donors (Lipinski definition) is 0. The third kappa shape index (κ3) is 8.48. The second-order valence-corrected chi connectivity index (χ2v) is 16.5. The zero-order valence-corrected chi connectivity index (χ0v) is 32.5. The minimum Gasteiger partial charge on any atom is -0.459 e. The van der Waals surface area contributed by atoms with Crippen molar-refractivity contribution in [2.24, 2.45) is 4.99 Å². The molecule has 0 radical (unpaired) electrons. The van der Waals surface area contributed by atoms with Crippen molar-refractivity contribution in [3.8, 4) is 23.6 Å². The zero-order chi connectivity index (χ0) is 37.2. The Morgan fingerprint density at radius 1 is 1.15 bits per heavy atom. The largest absolute Gasteiger partial charge is 0.459 e. The molecule has 2 fully saturated rings. The van der Waals surface area contributed by atoms with Crippen molar-refractivity contribution in [2.75, 3.05) is 84.9 Å². The molecule has 3 aromatic heterocycles. The predicted octanol–water partition coefficient (Wildman–Crippen LogP) is 4.40. The molecule has 15 nitrogen and oxygen atoms in total. The van der Waals surface area contributed by atoms with Gasteiger partial charge in [0.15, 0.2) is 0 Å². The number of carbonyl (C=O) groups excluding carboxylic acids is 1. The molecule has 2 aliphatic heterocycles. The van der Waals surface area contributed by atoms with Crippen LogP contribution in [0.2, 0.25) is 0 Å². The lowest BCUT2D eigenvalue weighted by molar-refractivity contribution is 0.0240. The average molecular weight is 734 g/mol. The van der Waals surface area contributed by atoms with E-state index in [0.29, 0.717) is 60.0 Å². The molecule has 0 saturated carbocycles. The molecule has 1 amide bonds. The van der Waals surface area contributed by atoms with Gasteiger partial charge in [-0.15, -0.1) is 11.3 Å². The molecule has 2 atom stereocenters. The number of piperazine rings is 2. The smallest absolute Gasteiger partial charge is 0.410 e. The van der Waals surface area contributed by atoms with Gasteiger partial charge in [-0.2, -0.15) is 20.2 Å². The molecule has 1 aliphatic carbocycles. The van der Waals surface area contributed by atoms with Crippen molar-refractivity contribution in [2.45, 2.75) is 71.0 Å². The van der Waals surface area contributed by atoms with Gasteiger partial charge in [0.25, 0.3) is 0 Å². The number of amides is 1. The fourth-order valence-corrected chi connectivity index (χ4v) is 8.14. The van der Waals surface area contributed by atoms with Gasteiger partial charge in [-0.05, 0) is 60.9 Å². The van der Waals surface area contributed by atoms with Gasteiger partial charge in [0.2, 0.25) is 11.7 Å². The number of nitriles is 1. The van der Waals surface area contributed by atoms with Crippen molar-refractivity contribution < 1.29 is 18.8 Å². The molecule has 52 heavy (non-hydrogen) atoms. The van der Waals surface area contributed by atoms with Crippen LogP contribution < -0.4 is 9.64 Å². The summed E-state index contributed by atoms with van der Waals surface area (Å²) in [6.07, 6.45) is 3.77. The van der Waals surface area contributed by atoms with E-state index in [9.17, 15) is 10.1 Å². The predicted molar refractivity (Wildman–Crippen MR) is 200 cm³/mol. The van der Waals surface area contributed by atoms with Gasteiger partial charge in [0.1, 0.15) is 34.3 Å². The number of rotatable bonds is 9. The summed E-state index contributed by atoms with van der Waals surface area (Å²) in [4.78, 5) is 43.5. The molecule has 1 unspecified atom stereocenters.